The van der Waals surface area contributed by atoms with Gasteiger partial charge in [0, 0.05) is 25.4 Å². The zero-order chi connectivity index (χ0) is 18.1. The third kappa shape index (κ3) is 2.98. The summed E-state index contributed by atoms with van der Waals surface area (Å²) in [5, 5.41) is 11.2. The van der Waals surface area contributed by atoms with Crippen molar-refractivity contribution in [3.63, 3.8) is 0 Å². The number of pyridine rings is 1. The Labute approximate surface area is 149 Å². The first-order valence-corrected chi connectivity index (χ1v) is 8.80. The lowest BCUT2D eigenvalue weighted by Gasteiger charge is -2.08. The minimum atomic E-state index is -0.455. The van der Waals surface area contributed by atoms with Crippen molar-refractivity contribution < 1.29 is 4.79 Å². The minimum absolute atomic E-state index is 0.0157. The third-order valence-electron chi connectivity index (χ3n) is 4.70. The van der Waals surface area contributed by atoms with Crippen molar-refractivity contribution in [1.29, 1.82) is 0 Å². The summed E-state index contributed by atoms with van der Waals surface area (Å²) in [6, 6.07) is 3.61. The number of aryl methyl sites for hydroxylation is 2. The van der Waals surface area contributed by atoms with Crippen LogP contribution < -0.4 is 10.9 Å². The molecule has 4 rings (SSSR count). The van der Waals surface area contributed by atoms with Gasteiger partial charge in [-0.05, 0) is 37.5 Å². The zero-order valence-corrected chi connectivity index (χ0v) is 14.6. The molecule has 0 unspecified atom stereocenters. The van der Waals surface area contributed by atoms with E-state index in [4.69, 9.17) is 0 Å². The van der Waals surface area contributed by atoms with Crippen LogP contribution in [0.3, 0.4) is 0 Å². The number of aromatic nitrogens is 5. The molecular formula is C18H20N6O2. The van der Waals surface area contributed by atoms with Crippen molar-refractivity contribution in [2.45, 2.75) is 45.7 Å². The van der Waals surface area contributed by atoms with Crippen LogP contribution in [0.1, 0.15) is 46.8 Å². The second kappa shape index (κ2) is 6.70. The first-order valence-electron chi connectivity index (χ1n) is 8.80. The summed E-state index contributed by atoms with van der Waals surface area (Å²) in [7, 11) is 0. The molecule has 0 bridgehead atoms. The molecule has 1 aliphatic rings. The Morgan fingerprint density at radius 3 is 3.04 bits per heavy atom. The van der Waals surface area contributed by atoms with E-state index in [1.54, 1.807) is 12.3 Å². The minimum Gasteiger partial charge on any atom is -0.345 e. The molecule has 0 atom stereocenters. The van der Waals surface area contributed by atoms with Gasteiger partial charge >= 0.3 is 0 Å². The average molecular weight is 352 g/mol. The maximum Gasteiger partial charge on any atom is 0.270 e. The van der Waals surface area contributed by atoms with E-state index in [0.29, 0.717) is 5.65 Å². The van der Waals surface area contributed by atoms with Gasteiger partial charge in [0.25, 0.3) is 11.5 Å². The van der Waals surface area contributed by atoms with Crippen LogP contribution in [-0.2, 0) is 19.5 Å². The largest absolute Gasteiger partial charge is 0.345 e. The Bertz CT molecular complexity index is 1040. The van der Waals surface area contributed by atoms with Crippen LogP contribution in [0.2, 0.25) is 0 Å². The lowest BCUT2D eigenvalue weighted by molar-refractivity contribution is 0.0947. The van der Waals surface area contributed by atoms with E-state index in [9.17, 15) is 9.59 Å². The van der Waals surface area contributed by atoms with Gasteiger partial charge in [0.15, 0.2) is 5.82 Å². The van der Waals surface area contributed by atoms with Crippen LogP contribution in [0, 0.1) is 6.92 Å². The van der Waals surface area contributed by atoms with Gasteiger partial charge in [0.05, 0.1) is 6.54 Å². The van der Waals surface area contributed by atoms with E-state index < -0.39 is 5.91 Å². The van der Waals surface area contributed by atoms with Gasteiger partial charge in [0.1, 0.15) is 17.0 Å². The van der Waals surface area contributed by atoms with Gasteiger partial charge in [-0.2, -0.15) is 0 Å². The second-order valence-electron chi connectivity index (χ2n) is 6.59. The van der Waals surface area contributed by atoms with Gasteiger partial charge in [-0.15, -0.1) is 10.2 Å². The Morgan fingerprint density at radius 2 is 2.15 bits per heavy atom. The standard InChI is InChI=1S/C18H20N6O2/c1-12-6-8-24-15(9-12)19-10-13(18(24)26)17(25)20-11-16-22-21-14-5-3-2-4-7-23(14)16/h6,8-10H,2-5,7,11H2,1H3,(H,20,25). The summed E-state index contributed by atoms with van der Waals surface area (Å²) >= 11 is 0. The maximum absolute atomic E-state index is 12.5. The van der Waals surface area contributed by atoms with Gasteiger partial charge in [-0.25, -0.2) is 4.98 Å². The Kier molecular flexibility index (Phi) is 4.24. The van der Waals surface area contributed by atoms with E-state index in [1.807, 2.05) is 13.0 Å². The van der Waals surface area contributed by atoms with Crippen molar-refractivity contribution in [2.75, 3.05) is 0 Å². The van der Waals surface area contributed by atoms with E-state index in [-0.39, 0.29) is 17.7 Å². The molecule has 0 aromatic carbocycles. The summed E-state index contributed by atoms with van der Waals surface area (Å²) in [6.07, 6.45) is 7.25. The molecular weight excluding hydrogens is 332 g/mol. The zero-order valence-electron chi connectivity index (χ0n) is 14.6. The van der Waals surface area contributed by atoms with Crippen LogP contribution in [0.25, 0.3) is 5.65 Å². The maximum atomic E-state index is 12.5. The number of nitrogens with one attached hydrogen (secondary N) is 1. The number of rotatable bonds is 3. The molecule has 1 N–H and O–H groups in total. The SMILES string of the molecule is Cc1ccn2c(=O)c(C(=O)NCc3nnc4n3CCCCC4)cnc2c1. The number of carbonyl (C=O) groups is 1. The molecule has 0 aliphatic carbocycles. The van der Waals surface area contributed by atoms with Crippen LogP contribution in [0.4, 0.5) is 0 Å². The highest BCUT2D eigenvalue weighted by Crippen LogP contribution is 2.14. The number of hydrogen-bond donors (Lipinski definition) is 1. The predicted molar refractivity (Wildman–Crippen MR) is 94.9 cm³/mol. The lowest BCUT2D eigenvalue weighted by Crippen LogP contribution is -2.32. The molecule has 8 nitrogen and oxygen atoms in total. The number of fused-ring (bicyclic) bond motifs is 2. The third-order valence-corrected chi connectivity index (χ3v) is 4.70. The van der Waals surface area contributed by atoms with Gasteiger partial charge < -0.3 is 9.88 Å². The van der Waals surface area contributed by atoms with Crippen molar-refractivity contribution in [3.8, 4) is 0 Å². The van der Waals surface area contributed by atoms with Gasteiger partial charge in [0.2, 0.25) is 0 Å². The summed E-state index contributed by atoms with van der Waals surface area (Å²) in [6.45, 7) is 3.03. The van der Waals surface area contributed by atoms with Crippen LogP contribution in [0.5, 0.6) is 0 Å². The van der Waals surface area contributed by atoms with E-state index in [1.165, 1.54) is 17.0 Å². The lowest BCUT2D eigenvalue weighted by atomic mass is 10.2. The Morgan fingerprint density at radius 1 is 1.27 bits per heavy atom. The quantitative estimate of drug-likeness (QED) is 0.766. The highest BCUT2D eigenvalue weighted by atomic mass is 16.2. The molecule has 134 valence electrons. The summed E-state index contributed by atoms with van der Waals surface area (Å²) in [5.74, 6) is 1.23. The van der Waals surface area contributed by atoms with Gasteiger partial charge in [-0.1, -0.05) is 6.42 Å². The fourth-order valence-electron chi connectivity index (χ4n) is 3.26. The van der Waals surface area contributed by atoms with Crippen molar-refractivity contribution >= 4 is 11.6 Å². The molecule has 26 heavy (non-hydrogen) atoms. The van der Waals surface area contributed by atoms with Crippen LogP contribution >= 0.6 is 0 Å². The molecule has 3 aromatic rings. The first-order chi connectivity index (χ1) is 12.6. The molecule has 0 fully saturated rings. The van der Waals surface area contributed by atoms with Crippen LogP contribution in [0.15, 0.2) is 29.3 Å². The first kappa shape index (κ1) is 16.4. The molecule has 3 aromatic heterocycles. The van der Waals surface area contributed by atoms with E-state index in [2.05, 4.69) is 25.1 Å². The monoisotopic (exact) mass is 352 g/mol. The highest BCUT2D eigenvalue weighted by Gasteiger charge is 2.17. The second-order valence-corrected chi connectivity index (χ2v) is 6.59. The number of hydrogen-bond acceptors (Lipinski definition) is 5. The smallest absolute Gasteiger partial charge is 0.270 e. The van der Waals surface area contributed by atoms with Crippen molar-refractivity contribution in [3.05, 3.63) is 57.7 Å². The molecule has 1 amide bonds. The van der Waals surface area contributed by atoms with E-state index in [0.717, 1.165) is 43.0 Å². The van der Waals surface area contributed by atoms with Crippen molar-refractivity contribution in [2.24, 2.45) is 0 Å². The topological polar surface area (TPSA) is 94.2 Å². The fraction of sp³-hybridized carbons (Fsp3) is 0.389. The highest BCUT2D eigenvalue weighted by molar-refractivity contribution is 5.93. The van der Waals surface area contributed by atoms with Crippen LogP contribution in [-0.4, -0.2) is 30.1 Å². The molecule has 0 saturated carbocycles. The fourth-order valence-corrected chi connectivity index (χ4v) is 3.26. The summed E-state index contributed by atoms with van der Waals surface area (Å²) < 4.78 is 3.45. The summed E-state index contributed by atoms with van der Waals surface area (Å²) in [5.41, 5.74) is 1.16. The van der Waals surface area contributed by atoms with E-state index >= 15 is 0 Å². The Hall–Kier alpha value is -3.03. The molecule has 0 radical (unpaired) electrons. The molecule has 1 aliphatic heterocycles. The molecule has 0 spiro atoms. The number of carbonyl (C=O) groups excluding carboxylic acids is 1. The summed E-state index contributed by atoms with van der Waals surface area (Å²) in [4.78, 5) is 29.3. The molecule has 4 heterocycles. The van der Waals surface area contributed by atoms with Crippen molar-refractivity contribution in [1.82, 2.24) is 29.5 Å². The molecule has 0 saturated heterocycles. The average Bonchev–Trinajstić information content (AvgIpc) is 2.86. The number of amides is 1. The molecule has 8 heteroatoms. The normalized spacial score (nSPS) is 14.0. The van der Waals surface area contributed by atoms with Gasteiger partial charge in [-0.3, -0.25) is 14.0 Å². The Balaban J connectivity index is 1.55. The predicted octanol–water partition coefficient (Wildman–Crippen LogP) is 1.25. The number of nitrogens with zero attached hydrogens (tertiary/aromatic N) is 5.